The lowest BCUT2D eigenvalue weighted by atomic mass is 10.1. The van der Waals surface area contributed by atoms with Gasteiger partial charge in [0.2, 0.25) is 0 Å². The topological polar surface area (TPSA) is 54.9 Å². The van der Waals surface area contributed by atoms with Crippen molar-refractivity contribution in [3.63, 3.8) is 0 Å². The van der Waals surface area contributed by atoms with Crippen LogP contribution in [0, 0.1) is 0 Å². The minimum Gasteiger partial charge on any atom is -0.322 e. The van der Waals surface area contributed by atoms with Crippen molar-refractivity contribution in [2.24, 2.45) is 0 Å². The highest BCUT2D eigenvalue weighted by atomic mass is 16.1. The van der Waals surface area contributed by atoms with E-state index in [0.717, 1.165) is 16.8 Å². The largest absolute Gasteiger partial charge is 0.322 e. The van der Waals surface area contributed by atoms with Crippen molar-refractivity contribution in [1.82, 2.24) is 9.97 Å². The van der Waals surface area contributed by atoms with E-state index in [4.69, 9.17) is 0 Å². The van der Waals surface area contributed by atoms with Gasteiger partial charge in [-0.25, -0.2) is 0 Å². The minimum absolute atomic E-state index is 0.152. The molecule has 0 saturated heterocycles. The molecule has 0 atom stereocenters. The number of benzene rings is 1. The van der Waals surface area contributed by atoms with E-state index in [2.05, 4.69) is 15.3 Å². The normalized spacial score (nSPS) is 10.1. The smallest absolute Gasteiger partial charge is 0.255 e. The molecular weight excluding hydrogens is 262 g/mol. The zero-order chi connectivity index (χ0) is 14.5. The number of carbonyl (C=O) groups is 1. The fourth-order valence-electron chi connectivity index (χ4n) is 2.02. The van der Waals surface area contributed by atoms with Gasteiger partial charge in [0, 0.05) is 41.6 Å². The average Bonchev–Trinajstić information content (AvgIpc) is 2.57. The van der Waals surface area contributed by atoms with Gasteiger partial charge in [-0.2, -0.15) is 0 Å². The average molecular weight is 275 g/mol. The van der Waals surface area contributed by atoms with Crippen molar-refractivity contribution >= 4 is 11.6 Å². The van der Waals surface area contributed by atoms with E-state index < -0.39 is 0 Å². The van der Waals surface area contributed by atoms with Gasteiger partial charge in [0.15, 0.2) is 0 Å². The maximum absolute atomic E-state index is 12.1. The van der Waals surface area contributed by atoms with Crippen molar-refractivity contribution < 1.29 is 4.79 Å². The molecule has 0 spiro atoms. The van der Waals surface area contributed by atoms with Crippen LogP contribution in [0.25, 0.3) is 11.1 Å². The van der Waals surface area contributed by atoms with Gasteiger partial charge in [0.05, 0.1) is 0 Å². The Bertz CT molecular complexity index is 742. The van der Waals surface area contributed by atoms with Gasteiger partial charge in [-0.3, -0.25) is 14.8 Å². The number of nitrogens with zero attached hydrogens (tertiary/aromatic N) is 2. The molecule has 2 aromatic heterocycles. The molecule has 2 heterocycles. The Hall–Kier alpha value is -3.01. The van der Waals surface area contributed by atoms with Crippen molar-refractivity contribution in [2.45, 2.75) is 0 Å². The maximum atomic E-state index is 12.1. The maximum Gasteiger partial charge on any atom is 0.255 e. The molecule has 0 aliphatic heterocycles. The second kappa shape index (κ2) is 5.96. The number of aromatic nitrogens is 2. The third-order valence-corrected chi connectivity index (χ3v) is 3.06. The molecule has 0 radical (unpaired) electrons. The molecule has 0 unspecified atom stereocenters. The van der Waals surface area contributed by atoms with Crippen molar-refractivity contribution in [3.05, 3.63) is 78.9 Å². The molecule has 1 aromatic carbocycles. The van der Waals surface area contributed by atoms with Crippen LogP contribution >= 0.6 is 0 Å². The predicted octanol–water partition coefficient (Wildman–Crippen LogP) is 3.40. The molecule has 0 saturated carbocycles. The number of anilines is 1. The molecule has 1 amide bonds. The van der Waals surface area contributed by atoms with Gasteiger partial charge in [-0.1, -0.05) is 18.2 Å². The Kier molecular flexibility index (Phi) is 3.69. The van der Waals surface area contributed by atoms with Crippen LogP contribution in [0.15, 0.2) is 73.3 Å². The number of nitrogens with one attached hydrogen (secondary N) is 1. The summed E-state index contributed by atoms with van der Waals surface area (Å²) in [6.45, 7) is 0. The molecular formula is C17H13N3O. The van der Waals surface area contributed by atoms with Crippen LogP contribution in [0.3, 0.4) is 0 Å². The van der Waals surface area contributed by atoms with E-state index in [1.165, 1.54) is 0 Å². The Labute approximate surface area is 122 Å². The highest BCUT2D eigenvalue weighted by Crippen LogP contribution is 2.21. The molecule has 3 aromatic rings. The molecule has 1 N–H and O–H groups in total. The SMILES string of the molecule is O=C(Nc1cccc(-c2cccnc2)c1)c1ccncc1. The summed E-state index contributed by atoms with van der Waals surface area (Å²) in [5.74, 6) is -0.152. The molecule has 21 heavy (non-hydrogen) atoms. The lowest BCUT2D eigenvalue weighted by Gasteiger charge is -2.07. The third-order valence-electron chi connectivity index (χ3n) is 3.06. The van der Waals surface area contributed by atoms with E-state index in [1.54, 1.807) is 36.9 Å². The summed E-state index contributed by atoms with van der Waals surface area (Å²) in [6, 6.07) is 14.9. The Balaban J connectivity index is 1.83. The summed E-state index contributed by atoms with van der Waals surface area (Å²) in [7, 11) is 0. The molecule has 0 aliphatic rings. The number of pyridine rings is 2. The fourth-order valence-corrected chi connectivity index (χ4v) is 2.02. The van der Waals surface area contributed by atoms with Crippen molar-refractivity contribution in [2.75, 3.05) is 5.32 Å². The van der Waals surface area contributed by atoms with Gasteiger partial charge >= 0.3 is 0 Å². The van der Waals surface area contributed by atoms with E-state index in [9.17, 15) is 4.79 Å². The first-order chi connectivity index (χ1) is 10.3. The minimum atomic E-state index is -0.152. The van der Waals surface area contributed by atoms with Gasteiger partial charge in [-0.05, 0) is 35.9 Å². The third kappa shape index (κ3) is 3.12. The van der Waals surface area contributed by atoms with Gasteiger partial charge in [-0.15, -0.1) is 0 Å². The van der Waals surface area contributed by atoms with Crippen LogP contribution < -0.4 is 5.32 Å². The number of amides is 1. The van der Waals surface area contributed by atoms with E-state index >= 15 is 0 Å². The highest BCUT2D eigenvalue weighted by Gasteiger charge is 2.06. The van der Waals surface area contributed by atoms with Gasteiger partial charge in [0.1, 0.15) is 0 Å². The van der Waals surface area contributed by atoms with Crippen LogP contribution in [0.4, 0.5) is 5.69 Å². The molecule has 4 heteroatoms. The molecule has 0 fully saturated rings. The number of carbonyl (C=O) groups excluding carboxylic acids is 1. The summed E-state index contributed by atoms with van der Waals surface area (Å²) in [6.07, 6.45) is 6.73. The molecule has 0 bridgehead atoms. The van der Waals surface area contributed by atoms with Gasteiger partial charge < -0.3 is 5.32 Å². The zero-order valence-corrected chi connectivity index (χ0v) is 11.2. The first-order valence-corrected chi connectivity index (χ1v) is 6.55. The van der Waals surface area contributed by atoms with Crippen molar-refractivity contribution in [1.29, 1.82) is 0 Å². The van der Waals surface area contributed by atoms with Crippen LogP contribution in [0.5, 0.6) is 0 Å². The van der Waals surface area contributed by atoms with E-state index in [0.29, 0.717) is 5.56 Å². The molecule has 3 rings (SSSR count). The molecule has 4 nitrogen and oxygen atoms in total. The van der Waals surface area contributed by atoms with E-state index in [-0.39, 0.29) is 5.91 Å². The number of hydrogen-bond donors (Lipinski definition) is 1. The summed E-state index contributed by atoms with van der Waals surface area (Å²) in [5.41, 5.74) is 3.35. The lowest BCUT2D eigenvalue weighted by Crippen LogP contribution is -2.11. The van der Waals surface area contributed by atoms with Crippen LogP contribution in [0.1, 0.15) is 10.4 Å². The summed E-state index contributed by atoms with van der Waals surface area (Å²) in [4.78, 5) is 20.1. The quantitative estimate of drug-likeness (QED) is 0.797. The second-order valence-electron chi connectivity index (χ2n) is 4.51. The van der Waals surface area contributed by atoms with E-state index in [1.807, 2.05) is 36.4 Å². The molecule has 102 valence electrons. The van der Waals surface area contributed by atoms with Crippen LogP contribution in [-0.2, 0) is 0 Å². The zero-order valence-electron chi connectivity index (χ0n) is 11.2. The number of hydrogen-bond acceptors (Lipinski definition) is 3. The highest BCUT2D eigenvalue weighted by molar-refractivity contribution is 6.04. The van der Waals surface area contributed by atoms with Crippen LogP contribution in [-0.4, -0.2) is 15.9 Å². The summed E-state index contributed by atoms with van der Waals surface area (Å²) >= 11 is 0. The van der Waals surface area contributed by atoms with Crippen molar-refractivity contribution in [3.8, 4) is 11.1 Å². The predicted molar refractivity (Wildman–Crippen MR) is 81.9 cm³/mol. The number of rotatable bonds is 3. The Morgan fingerprint density at radius 2 is 1.67 bits per heavy atom. The summed E-state index contributed by atoms with van der Waals surface area (Å²) in [5, 5.41) is 2.88. The summed E-state index contributed by atoms with van der Waals surface area (Å²) < 4.78 is 0. The fraction of sp³-hybridized carbons (Fsp3) is 0. The Morgan fingerprint density at radius 3 is 2.43 bits per heavy atom. The Morgan fingerprint density at radius 1 is 0.857 bits per heavy atom. The van der Waals surface area contributed by atoms with Crippen LogP contribution in [0.2, 0.25) is 0 Å². The second-order valence-corrected chi connectivity index (χ2v) is 4.51. The molecule has 0 aliphatic carbocycles. The standard InChI is InChI=1S/C17H13N3O/c21-17(13-6-9-18-10-7-13)20-16-5-1-3-14(11-16)15-4-2-8-19-12-15/h1-12H,(H,20,21). The lowest BCUT2D eigenvalue weighted by molar-refractivity contribution is 0.102. The monoisotopic (exact) mass is 275 g/mol. The first kappa shape index (κ1) is 13.0. The van der Waals surface area contributed by atoms with Gasteiger partial charge in [0.25, 0.3) is 5.91 Å². The first-order valence-electron chi connectivity index (χ1n) is 6.55.